The van der Waals surface area contributed by atoms with E-state index < -0.39 is 0 Å². The number of hydrogen-bond donors (Lipinski definition) is 1. The molecule has 3 heterocycles. The number of nitrogens with zero attached hydrogens (tertiary/aromatic N) is 3. The zero-order valence-corrected chi connectivity index (χ0v) is 12.0. The number of methoxy groups -OCH3 is 2. The van der Waals surface area contributed by atoms with E-state index in [-0.39, 0.29) is 29.8 Å². The summed E-state index contributed by atoms with van der Waals surface area (Å²) >= 11 is 0. The first-order chi connectivity index (χ1) is 10.2. The third-order valence-electron chi connectivity index (χ3n) is 4.83. The fourth-order valence-corrected chi connectivity index (χ4v) is 3.61. The van der Waals surface area contributed by atoms with E-state index >= 15 is 0 Å². The van der Waals surface area contributed by atoms with Gasteiger partial charge in [0.1, 0.15) is 29.8 Å². The molecule has 1 saturated carbocycles. The molecular weight excluding hydrogens is 272 g/mol. The largest absolute Gasteiger partial charge is 0.382 e. The van der Waals surface area contributed by atoms with Crippen molar-refractivity contribution in [3.8, 4) is 0 Å². The molecule has 2 aliphatic heterocycles. The Hall–Kier alpha value is -1.57. The Bertz CT molecular complexity index is 608. The van der Waals surface area contributed by atoms with E-state index in [4.69, 9.17) is 19.9 Å². The topological polar surface area (TPSA) is 91.9 Å². The standard InChI is InChI=1S/C14H18N4O3/c1-19-11-12-14(11,20-2)4-9(21-12)7-3-8-10(16-5-7)13(15)18-6-17-8/h5-7,9,11-12H,3-4H2,1-2H3,(H2,15,17,18). The van der Waals surface area contributed by atoms with Gasteiger partial charge in [0.25, 0.3) is 0 Å². The van der Waals surface area contributed by atoms with Crippen molar-refractivity contribution in [3.63, 3.8) is 0 Å². The van der Waals surface area contributed by atoms with Crippen LogP contribution in [0.2, 0.25) is 0 Å². The zero-order chi connectivity index (χ0) is 14.6. The molecule has 0 spiro atoms. The van der Waals surface area contributed by atoms with Crippen molar-refractivity contribution < 1.29 is 14.2 Å². The van der Waals surface area contributed by atoms with Crippen molar-refractivity contribution in [1.29, 1.82) is 0 Å². The van der Waals surface area contributed by atoms with Gasteiger partial charge in [-0.2, -0.15) is 0 Å². The van der Waals surface area contributed by atoms with Gasteiger partial charge in [0.2, 0.25) is 0 Å². The molecular formula is C14H18N4O3. The maximum atomic E-state index is 6.10. The van der Waals surface area contributed by atoms with Crippen LogP contribution in [0.3, 0.4) is 0 Å². The molecule has 5 unspecified atom stereocenters. The number of fused-ring (bicyclic) bond motifs is 2. The third kappa shape index (κ3) is 1.74. The number of anilines is 1. The minimum absolute atomic E-state index is 0.0303. The van der Waals surface area contributed by atoms with Crippen LogP contribution in [0, 0.1) is 5.92 Å². The lowest BCUT2D eigenvalue weighted by atomic mass is 9.91. The van der Waals surface area contributed by atoms with Gasteiger partial charge in [0.15, 0.2) is 5.82 Å². The highest BCUT2D eigenvalue weighted by Crippen LogP contribution is 2.55. The van der Waals surface area contributed by atoms with E-state index in [2.05, 4.69) is 15.0 Å². The Balaban J connectivity index is 1.52. The lowest BCUT2D eigenvalue weighted by Crippen LogP contribution is -2.32. The highest BCUT2D eigenvalue weighted by molar-refractivity contribution is 5.75. The molecule has 0 radical (unpaired) electrons. The first-order valence-corrected chi connectivity index (χ1v) is 7.06. The Kier molecular flexibility index (Phi) is 2.79. The molecule has 0 aromatic carbocycles. The van der Waals surface area contributed by atoms with Crippen LogP contribution < -0.4 is 5.73 Å². The summed E-state index contributed by atoms with van der Waals surface area (Å²) < 4.78 is 17.2. The Morgan fingerprint density at radius 3 is 2.95 bits per heavy atom. The molecule has 0 bridgehead atoms. The van der Waals surface area contributed by atoms with E-state index in [1.54, 1.807) is 14.2 Å². The molecule has 1 aliphatic carbocycles. The summed E-state index contributed by atoms with van der Waals surface area (Å²) in [4.78, 5) is 12.7. The predicted molar refractivity (Wildman–Crippen MR) is 75.6 cm³/mol. The Morgan fingerprint density at radius 1 is 1.38 bits per heavy atom. The normalized spacial score (nSPS) is 39.9. The van der Waals surface area contributed by atoms with Gasteiger partial charge in [-0.1, -0.05) is 0 Å². The van der Waals surface area contributed by atoms with Crippen LogP contribution in [0.25, 0.3) is 0 Å². The van der Waals surface area contributed by atoms with Crippen molar-refractivity contribution in [3.05, 3.63) is 12.0 Å². The van der Waals surface area contributed by atoms with Gasteiger partial charge >= 0.3 is 0 Å². The van der Waals surface area contributed by atoms with Crippen LogP contribution in [-0.2, 0) is 20.6 Å². The number of rotatable bonds is 3. The molecule has 0 amide bonds. The number of ether oxygens (including phenoxy) is 3. The summed E-state index contributed by atoms with van der Waals surface area (Å²) in [6.07, 6.45) is 5.13. The number of aromatic nitrogens is 2. The molecule has 7 heteroatoms. The molecule has 21 heavy (non-hydrogen) atoms. The number of aliphatic imine (C=N–C) groups is 1. The highest BCUT2D eigenvalue weighted by atomic mass is 16.6. The van der Waals surface area contributed by atoms with Crippen LogP contribution in [0.1, 0.15) is 12.1 Å². The number of nitrogens with two attached hydrogens (primary N) is 1. The minimum Gasteiger partial charge on any atom is -0.382 e. The molecule has 1 aromatic heterocycles. The summed E-state index contributed by atoms with van der Waals surface area (Å²) in [5.74, 6) is 0.613. The van der Waals surface area contributed by atoms with Crippen LogP contribution in [-0.4, -0.2) is 54.3 Å². The van der Waals surface area contributed by atoms with E-state index in [1.807, 2.05) is 6.21 Å². The van der Waals surface area contributed by atoms with E-state index in [0.717, 1.165) is 18.5 Å². The van der Waals surface area contributed by atoms with E-state index in [0.29, 0.717) is 11.5 Å². The zero-order valence-electron chi connectivity index (χ0n) is 12.0. The minimum atomic E-state index is -0.280. The van der Waals surface area contributed by atoms with Crippen LogP contribution in [0.15, 0.2) is 11.3 Å². The van der Waals surface area contributed by atoms with E-state index in [9.17, 15) is 0 Å². The van der Waals surface area contributed by atoms with Crippen LogP contribution in [0.4, 0.5) is 11.5 Å². The molecule has 1 saturated heterocycles. The Morgan fingerprint density at radius 2 is 2.24 bits per heavy atom. The van der Waals surface area contributed by atoms with Gasteiger partial charge in [-0.15, -0.1) is 0 Å². The van der Waals surface area contributed by atoms with Gasteiger partial charge in [-0.05, 0) is 0 Å². The summed E-state index contributed by atoms with van der Waals surface area (Å²) in [6, 6.07) is 0. The first kappa shape index (κ1) is 13.1. The molecule has 5 atom stereocenters. The van der Waals surface area contributed by atoms with Gasteiger partial charge in [0.05, 0.1) is 11.8 Å². The second kappa shape index (κ2) is 4.46. The second-order valence-corrected chi connectivity index (χ2v) is 5.82. The number of hydrogen-bond acceptors (Lipinski definition) is 7. The second-order valence-electron chi connectivity index (χ2n) is 5.82. The fourth-order valence-electron chi connectivity index (χ4n) is 3.61. The fraction of sp³-hybridized carbons (Fsp3) is 0.643. The van der Waals surface area contributed by atoms with Crippen LogP contribution in [0.5, 0.6) is 0 Å². The lowest BCUT2D eigenvalue weighted by Gasteiger charge is -2.26. The molecule has 3 aliphatic rings. The van der Waals surface area contributed by atoms with Gasteiger partial charge in [0, 0.05) is 39.2 Å². The summed E-state index contributed by atoms with van der Waals surface area (Å²) in [7, 11) is 3.41. The van der Waals surface area contributed by atoms with Crippen molar-refractivity contribution in [1.82, 2.24) is 9.97 Å². The molecule has 112 valence electrons. The molecule has 4 rings (SSSR count). The van der Waals surface area contributed by atoms with Crippen molar-refractivity contribution in [2.45, 2.75) is 36.8 Å². The smallest absolute Gasteiger partial charge is 0.153 e. The summed E-state index contributed by atoms with van der Waals surface area (Å²) in [5, 5.41) is 0. The van der Waals surface area contributed by atoms with E-state index in [1.165, 1.54) is 6.33 Å². The van der Waals surface area contributed by atoms with Gasteiger partial charge in [-0.3, -0.25) is 4.99 Å². The average Bonchev–Trinajstić information content (AvgIpc) is 2.94. The lowest BCUT2D eigenvalue weighted by molar-refractivity contribution is -0.0141. The summed E-state index contributed by atoms with van der Waals surface area (Å²) in [6.45, 7) is 0. The van der Waals surface area contributed by atoms with Gasteiger partial charge in [-0.25, -0.2) is 9.97 Å². The molecule has 2 N–H and O–H groups in total. The third-order valence-corrected chi connectivity index (χ3v) is 4.83. The SMILES string of the molecule is COC1C2OC(C3C=Nc4c(N)ncnc4C3)CC12OC. The quantitative estimate of drug-likeness (QED) is 0.871. The van der Waals surface area contributed by atoms with Crippen molar-refractivity contribution in [2.75, 3.05) is 20.0 Å². The maximum absolute atomic E-state index is 6.10. The predicted octanol–water partition coefficient (Wildman–Crippen LogP) is 0.505. The number of nitrogen functional groups attached to an aromatic ring is 1. The Labute approximate surface area is 122 Å². The molecule has 2 fully saturated rings. The van der Waals surface area contributed by atoms with Crippen molar-refractivity contribution >= 4 is 17.7 Å². The average molecular weight is 290 g/mol. The highest BCUT2D eigenvalue weighted by Gasteiger charge is 2.73. The first-order valence-electron chi connectivity index (χ1n) is 7.06. The maximum Gasteiger partial charge on any atom is 0.153 e. The molecule has 1 aromatic rings. The van der Waals surface area contributed by atoms with Crippen LogP contribution >= 0.6 is 0 Å². The monoisotopic (exact) mass is 290 g/mol. The molecule has 7 nitrogen and oxygen atoms in total. The summed E-state index contributed by atoms with van der Waals surface area (Å²) in [5.41, 5.74) is 7.11. The van der Waals surface area contributed by atoms with Gasteiger partial charge < -0.3 is 19.9 Å². The van der Waals surface area contributed by atoms with Crippen molar-refractivity contribution in [2.24, 2.45) is 10.9 Å².